The quantitative estimate of drug-likeness (QED) is 0.748. The van der Waals surface area contributed by atoms with Crippen LogP contribution in [0.4, 0.5) is 5.69 Å². The van der Waals surface area contributed by atoms with E-state index in [2.05, 4.69) is 5.32 Å². The molecule has 0 radical (unpaired) electrons. The second kappa shape index (κ2) is 7.98. The van der Waals surface area contributed by atoms with E-state index in [1.807, 2.05) is 6.92 Å². The molecule has 1 N–H and O–H groups in total. The number of carbonyl (C=O) groups excluding carboxylic acids is 2. The number of anilines is 1. The van der Waals surface area contributed by atoms with Crippen LogP contribution in [0.15, 0.2) is 23.1 Å². The van der Waals surface area contributed by atoms with Crippen molar-refractivity contribution in [2.45, 2.75) is 44.4 Å². The van der Waals surface area contributed by atoms with Crippen LogP contribution in [0.1, 0.15) is 38.2 Å². The normalized spacial score (nSPS) is 22.9. The minimum atomic E-state index is -3.69. The molecule has 1 aliphatic heterocycles. The molecule has 0 spiro atoms. The van der Waals surface area contributed by atoms with Crippen molar-refractivity contribution in [2.75, 3.05) is 25.0 Å². The topological polar surface area (TPSA) is 92.8 Å². The summed E-state index contributed by atoms with van der Waals surface area (Å²) in [7, 11) is -3.69. The summed E-state index contributed by atoms with van der Waals surface area (Å²) in [6, 6.07) is 4.88. The third kappa shape index (κ3) is 4.68. The van der Waals surface area contributed by atoms with E-state index in [9.17, 15) is 18.0 Å². The Morgan fingerprint density at radius 1 is 1.22 bits per heavy atom. The molecule has 3 rings (SSSR count). The first-order valence-electron chi connectivity index (χ1n) is 9.36. The van der Waals surface area contributed by atoms with Crippen LogP contribution in [-0.4, -0.2) is 44.3 Å². The van der Waals surface area contributed by atoms with Gasteiger partial charge in [-0.1, -0.05) is 19.4 Å². The van der Waals surface area contributed by atoms with Crippen LogP contribution in [0.2, 0.25) is 0 Å². The number of esters is 1. The molecule has 2 aliphatic rings. The number of rotatable bonds is 6. The lowest BCUT2D eigenvalue weighted by Crippen LogP contribution is -2.36. The maximum atomic E-state index is 13.0. The van der Waals surface area contributed by atoms with Gasteiger partial charge in [0.15, 0.2) is 6.61 Å². The van der Waals surface area contributed by atoms with Gasteiger partial charge in [0.2, 0.25) is 10.0 Å². The summed E-state index contributed by atoms with van der Waals surface area (Å²) in [6.45, 7) is 4.32. The maximum absolute atomic E-state index is 13.0. The lowest BCUT2D eigenvalue weighted by molar-refractivity contribution is -0.148. The average Bonchev–Trinajstić information content (AvgIpc) is 3.38. The fourth-order valence-electron chi connectivity index (χ4n) is 3.27. The Morgan fingerprint density at radius 2 is 1.89 bits per heavy atom. The first kappa shape index (κ1) is 19.8. The first-order valence-corrected chi connectivity index (χ1v) is 10.8. The lowest BCUT2D eigenvalue weighted by atomic mass is 10.2. The summed E-state index contributed by atoms with van der Waals surface area (Å²) in [6.07, 6.45) is 3.48. The highest BCUT2D eigenvalue weighted by atomic mass is 32.2. The number of aryl methyl sites for hydroxylation is 1. The molecule has 0 unspecified atom stereocenters. The van der Waals surface area contributed by atoms with Crippen LogP contribution in [0, 0.1) is 18.8 Å². The van der Waals surface area contributed by atoms with Crippen molar-refractivity contribution in [1.29, 1.82) is 0 Å². The summed E-state index contributed by atoms with van der Waals surface area (Å²) < 4.78 is 32.6. The van der Waals surface area contributed by atoms with Gasteiger partial charge in [0.05, 0.1) is 11.6 Å². The van der Waals surface area contributed by atoms with Crippen LogP contribution in [0.25, 0.3) is 0 Å². The van der Waals surface area contributed by atoms with E-state index in [1.165, 1.54) is 4.31 Å². The van der Waals surface area contributed by atoms with Crippen molar-refractivity contribution in [3.05, 3.63) is 23.8 Å². The van der Waals surface area contributed by atoms with E-state index < -0.39 is 22.5 Å². The molecule has 1 saturated heterocycles. The van der Waals surface area contributed by atoms with Gasteiger partial charge in [0.25, 0.3) is 5.91 Å². The minimum Gasteiger partial charge on any atom is -0.455 e. The molecular weight excluding hydrogens is 368 g/mol. The first-order chi connectivity index (χ1) is 12.8. The SMILES string of the molecule is Cc1ccc(NC(=O)COC(=O)[C@H]2C[C@@H]2C)c(S(=O)(=O)N2CCCCC2)c1. The smallest absolute Gasteiger partial charge is 0.309 e. The summed E-state index contributed by atoms with van der Waals surface area (Å²) >= 11 is 0. The Kier molecular flexibility index (Phi) is 5.86. The third-order valence-electron chi connectivity index (χ3n) is 5.10. The van der Waals surface area contributed by atoms with Crippen LogP contribution in [0.3, 0.4) is 0 Å². The fourth-order valence-corrected chi connectivity index (χ4v) is 5.02. The Bertz CT molecular complexity index is 831. The highest BCUT2D eigenvalue weighted by molar-refractivity contribution is 7.89. The number of nitrogens with one attached hydrogen (secondary N) is 1. The number of carbonyl (C=O) groups is 2. The van der Waals surface area contributed by atoms with E-state index in [-0.39, 0.29) is 22.5 Å². The highest BCUT2D eigenvalue weighted by Crippen LogP contribution is 2.38. The molecule has 148 valence electrons. The summed E-state index contributed by atoms with van der Waals surface area (Å²) in [5, 5.41) is 2.59. The van der Waals surface area contributed by atoms with Gasteiger partial charge in [-0.2, -0.15) is 4.31 Å². The molecule has 1 aromatic carbocycles. The van der Waals surface area contributed by atoms with Crippen LogP contribution in [0.5, 0.6) is 0 Å². The molecule has 1 aliphatic carbocycles. The van der Waals surface area contributed by atoms with Crippen molar-refractivity contribution in [3.8, 4) is 0 Å². The largest absolute Gasteiger partial charge is 0.455 e. The number of hydrogen-bond acceptors (Lipinski definition) is 5. The number of piperidine rings is 1. The fraction of sp³-hybridized carbons (Fsp3) is 0.579. The molecule has 8 heteroatoms. The number of hydrogen-bond donors (Lipinski definition) is 1. The van der Waals surface area contributed by atoms with Gasteiger partial charge in [-0.05, 0) is 49.8 Å². The van der Waals surface area contributed by atoms with Crippen molar-refractivity contribution in [1.82, 2.24) is 4.31 Å². The second-order valence-corrected chi connectivity index (χ2v) is 9.35. The van der Waals surface area contributed by atoms with Gasteiger partial charge in [-0.25, -0.2) is 8.42 Å². The van der Waals surface area contributed by atoms with Crippen molar-refractivity contribution in [2.24, 2.45) is 11.8 Å². The lowest BCUT2D eigenvalue weighted by Gasteiger charge is -2.27. The minimum absolute atomic E-state index is 0.0832. The van der Waals surface area contributed by atoms with Gasteiger partial charge in [0, 0.05) is 13.1 Å². The van der Waals surface area contributed by atoms with Gasteiger partial charge in [-0.15, -0.1) is 0 Å². The zero-order chi connectivity index (χ0) is 19.6. The van der Waals surface area contributed by atoms with Gasteiger partial charge in [0.1, 0.15) is 4.90 Å². The zero-order valence-corrected chi connectivity index (χ0v) is 16.5. The molecule has 7 nitrogen and oxygen atoms in total. The van der Waals surface area contributed by atoms with Crippen molar-refractivity contribution in [3.63, 3.8) is 0 Å². The zero-order valence-electron chi connectivity index (χ0n) is 15.7. The average molecular weight is 394 g/mol. The summed E-state index contributed by atoms with van der Waals surface area (Å²) in [4.78, 5) is 24.0. The van der Waals surface area contributed by atoms with Crippen LogP contribution >= 0.6 is 0 Å². The molecule has 0 aromatic heterocycles. The van der Waals surface area contributed by atoms with E-state index in [4.69, 9.17) is 4.74 Å². The summed E-state index contributed by atoms with van der Waals surface area (Å²) in [5.41, 5.74) is 1.00. The van der Waals surface area contributed by atoms with Crippen LogP contribution in [-0.2, 0) is 24.3 Å². The predicted octanol–water partition coefficient (Wildman–Crippen LogP) is 2.31. The second-order valence-electron chi connectivity index (χ2n) is 7.44. The number of nitrogens with zero attached hydrogens (tertiary/aromatic N) is 1. The third-order valence-corrected chi connectivity index (χ3v) is 7.04. The number of amides is 1. The molecule has 1 heterocycles. The molecule has 0 bridgehead atoms. The molecule has 27 heavy (non-hydrogen) atoms. The van der Waals surface area contributed by atoms with Gasteiger partial charge < -0.3 is 10.1 Å². The van der Waals surface area contributed by atoms with Gasteiger partial charge in [-0.3, -0.25) is 9.59 Å². The molecule has 1 amide bonds. The number of ether oxygens (including phenoxy) is 1. The van der Waals surface area contributed by atoms with Gasteiger partial charge >= 0.3 is 5.97 Å². The Balaban J connectivity index is 1.71. The Hall–Kier alpha value is -1.93. The maximum Gasteiger partial charge on any atom is 0.309 e. The van der Waals surface area contributed by atoms with E-state index in [0.29, 0.717) is 19.0 Å². The van der Waals surface area contributed by atoms with E-state index in [0.717, 1.165) is 31.2 Å². The predicted molar refractivity (Wildman–Crippen MR) is 101 cm³/mol. The highest BCUT2D eigenvalue weighted by Gasteiger charge is 2.40. The molecule has 2 atom stereocenters. The van der Waals surface area contributed by atoms with E-state index in [1.54, 1.807) is 25.1 Å². The molecular formula is C19H26N2O5S. The van der Waals surface area contributed by atoms with Crippen molar-refractivity contribution >= 4 is 27.6 Å². The Labute approximate surface area is 160 Å². The van der Waals surface area contributed by atoms with Crippen molar-refractivity contribution < 1.29 is 22.7 Å². The van der Waals surface area contributed by atoms with E-state index >= 15 is 0 Å². The molecule has 2 fully saturated rings. The molecule has 1 saturated carbocycles. The number of benzene rings is 1. The monoisotopic (exact) mass is 394 g/mol. The standard InChI is InChI=1S/C19H26N2O5S/c1-13-6-7-16(20-18(22)12-26-19(23)15-11-14(15)2)17(10-13)27(24,25)21-8-4-3-5-9-21/h6-7,10,14-15H,3-5,8-9,11-12H2,1-2H3,(H,20,22)/t14-,15-/m0/s1. The molecule has 1 aromatic rings. The Morgan fingerprint density at radius 3 is 2.52 bits per heavy atom. The number of sulfonamides is 1. The summed E-state index contributed by atoms with van der Waals surface area (Å²) in [5.74, 6) is -0.732. The van der Waals surface area contributed by atoms with Crippen LogP contribution < -0.4 is 5.32 Å².